The van der Waals surface area contributed by atoms with E-state index in [0.717, 1.165) is 6.42 Å². The van der Waals surface area contributed by atoms with Gasteiger partial charge in [-0.1, -0.05) is 20.8 Å². The largest absolute Gasteiger partial charge is 0.369 e. The molecule has 0 saturated heterocycles. The van der Waals surface area contributed by atoms with Crippen LogP contribution in [0.5, 0.6) is 0 Å². The monoisotopic (exact) mass is 189 g/mol. The summed E-state index contributed by atoms with van der Waals surface area (Å²) in [5.41, 5.74) is 5.61. The van der Waals surface area contributed by atoms with Crippen molar-refractivity contribution in [2.45, 2.75) is 32.9 Å². The van der Waals surface area contributed by atoms with E-state index < -0.39 is 0 Å². The van der Waals surface area contributed by atoms with Crippen LogP contribution in [-0.2, 0) is 4.79 Å². The lowest BCUT2D eigenvalue weighted by Crippen LogP contribution is -2.30. The van der Waals surface area contributed by atoms with E-state index in [1.54, 1.807) is 0 Å². The first kappa shape index (κ1) is 11.9. The van der Waals surface area contributed by atoms with E-state index >= 15 is 0 Å². The summed E-state index contributed by atoms with van der Waals surface area (Å²) in [6.45, 7) is 10.6. The molecule has 1 atom stereocenters. The highest BCUT2D eigenvalue weighted by Gasteiger charge is 2.25. The second-order valence-corrected chi connectivity index (χ2v) is 7.20. The van der Waals surface area contributed by atoms with Gasteiger partial charge in [0.2, 0.25) is 5.91 Å². The number of amides is 1. The van der Waals surface area contributed by atoms with Gasteiger partial charge in [-0.25, -0.2) is 0 Å². The van der Waals surface area contributed by atoms with Gasteiger partial charge in [0.25, 0.3) is 0 Å². The van der Waals surface area contributed by atoms with Crippen LogP contribution in [0.2, 0.25) is 0 Å². The Hall–Kier alpha value is -0.100. The average Bonchev–Trinajstić information content (AvgIpc) is 1.79. The summed E-state index contributed by atoms with van der Waals surface area (Å²) < 4.78 is 0. The fourth-order valence-electron chi connectivity index (χ4n) is 1.12. The number of nitrogens with two attached hydrogens (primary N) is 1. The van der Waals surface area contributed by atoms with E-state index in [4.69, 9.17) is 5.73 Å². The second kappa shape index (κ2) is 4.23. The Bertz CT molecular complexity index is 160. The van der Waals surface area contributed by atoms with Crippen LogP contribution in [-0.4, -0.2) is 24.9 Å². The minimum absolute atomic E-state index is 0.0833. The zero-order valence-corrected chi connectivity index (χ0v) is 9.61. The highest BCUT2D eigenvalue weighted by atomic mass is 31.1. The van der Waals surface area contributed by atoms with E-state index in [9.17, 15) is 4.79 Å². The highest BCUT2D eigenvalue weighted by molar-refractivity contribution is 7.57. The third kappa shape index (κ3) is 4.71. The molecule has 0 rings (SSSR count). The molecule has 0 bridgehead atoms. The third-order valence-electron chi connectivity index (χ3n) is 1.76. The summed E-state index contributed by atoms with van der Waals surface area (Å²) in [5, 5.41) is 0. The minimum Gasteiger partial charge on any atom is -0.369 e. The summed E-state index contributed by atoms with van der Waals surface area (Å²) in [6.07, 6.45) is 0.904. The van der Waals surface area contributed by atoms with E-state index in [0.29, 0.717) is 0 Å². The first-order valence-corrected chi connectivity index (χ1v) is 6.50. The standard InChI is InChI=1S/C9H20NOP/c1-9(2,3)6-7(8(10)11)12(4)5/h7H,6H2,1-5H3,(H2,10,11). The SMILES string of the molecule is CP(C)C(CC(C)(C)C)C(N)=O. The van der Waals surface area contributed by atoms with Crippen LogP contribution in [0.1, 0.15) is 27.2 Å². The minimum atomic E-state index is -0.242. The smallest absolute Gasteiger partial charge is 0.224 e. The van der Waals surface area contributed by atoms with Crippen molar-refractivity contribution in [2.24, 2.45) is 11.1 Å². The first-order chi connectivity index (χ1) is 5.24. The van der Waals surface area contributed by atoms with Crippen molar-refractivity contribution in [3.63, 3.8) is 0 Å². The van der Waals surface area contributed by atoms with Crippen LogP contribution in [0.15, 0.2) is 0 Å². The maximum atomic E-state index is 11.1. The summed E-state index contributed by atoms with van der Waals surface area (Å²) in [4.78, 5) is 11.1. The lowest BCUT2D eigenvalue weighted by molar-refractivity contribution is -0.118. The molecule has 0 spiro atoms. The molecule has 1 amide bonds. The van der Waals surface area contributed by atoms with E-state index in [2.05, 4.69) is 34.1 Å². The highest BCUT2D eigenvalue weighted by Crippen LogP contribution is 2.39. The summed E-state index contributed by atoms with van der Waals surface area (Å²) in [7, 11) is -0.242. The van der Waals surface area contributed by atoms with Crippen molar-refractivity contribution < 1.29 is 4.79 Å². The van der Waals surface area contributed by atoms with E-state index in [1.807, 2.05) is 0 Å². The molecule has 0 aliphatic carbocycles. The van der Waals surface area contributed by atoms with Gasteiger partial charge in [-0.3, -0.25) is 4.79 Å². The van der Waals surface area contributed by atoms with Crippen molar-refractivity contribution in [1.29, 1.82) is 0 Å². The lowest BCUT2D eigenvalue weighted by Gasteiger charge is -2.26. The van der Waals surface area contributed by atoms with Crippen molar-refractivity contribution in [1.82, 2.24) is 0 Å². The molecule has 1 unspecified atom stereocenters. The van der Waals surface area contributed by atoms with Crippen molar-refractivity contribution in [3.05, 3.63) is 0 Å². The number of rotatable bonds is 3. The topological polar surface area (TPSA) is 43.1 Å². The fourth-order valence-corrected chi connectivity index (χ4v) is 2.54. The molecule has 0 radical (unpaired) electrons. The summed E-state index contributed by atoms with van der Waals surface area (Å²) in [6, 6.07) is 0. The second-order valence-electron chi connectivity index (χ2n) is 4.65. The Balaban J connectivity index is 4.25. The molecule has 0 saturated carbocycles. The predicted molar refractivity (Wildman–Crippen MR) is 55.8 cm³/mol. The van der Waals surface area contributed by atoms with Crippen LogP contribution < -0.4 is 5.73 Å². The number of hydrogen-bond acceptors (Lipinski definition) is 1. The Labute approximate surface area is 76.7 Å². The van der Waals surface area contributed by atoms with E-state index in [1.165, 1.54) is 0 Å². The Morgan fingerprint density at radius 3 is 1.92 bits per heavy atom. The molecule has 0 aromatic carbocycles. The Kier molecular flexibility index (Phi) is 4.19. The van der Waals surface area contributed by atoms with Gasteiger partial charge in [0.1, 0.15) is 0 Å². The molecule has 0 aliphatic heterocycles. The van der Waals surface area contributed by atoms with Gasteiger partial charge < -0.3 is 5.73 Å². The van der Waals surface area contributed by atoms with Crippen LogP contribution in [0, 0.1) is 5.41 Å². The van der Waals surface area contributed by atoms with Crippen molar-refractivity contribution in [2.75, 3.05) is 13.3 Å². The molecular formula is C9H20NOP. The van der Waals surface area contributed by atoms with E-state index in [-0.39, 0.29) is 24.9 Å². The molecule has 0 heterocycles. The summed E-state index contributed by atoms with van der Waals surface area (Å²) in [5.74, 6) is -0.138. The third-order valence-corrected chi connectivity index (χ3v) is 3.44. The molecule has 12 heavy (non-hydrogen) atoms. The maximum absolute atomic E-state index is 11.1. The molecule has 2 N–H and O–H groups in total. The van der Waals surface area contributed by atoms with Gasteiger partial charge in [0, 0.05) is 0 Å². The number of carbonyl (C=O) groups is 1. The fraction of sp³-hybridized carbons (Fsp3) is 0.889. The number of carbonyl (C=O) groups excluding carboxylic acids is 1. The lowest BCUT2D eigenvalue weighted by atomic mass is 9.90. The van der Waals surface area contributed by atoms with Crippen LogP contribution >= 0.6 is 7.92 Å². The Morgan fingerprint density at radius 2 is 1.83 bits per heavy atom. The zero-order chi connectivity index (χ0) is 9.94. The van der Waals surface area contributed by atoms with Gasteiger partial charge in [0.15, 0.2) is 0 Å². The first-order valence-electron chi connectivity index (χ1n) is 4.20. The van der Waals surface area contributed by atoms with Crippen LogP contribution in [0.4, 0.5) is 0 Å². The van der Waals surface area contributed by atoms with Crippen molar-refractivity contribution in [3.8, 4) is 0 Å². The molecule has 0 aliphatic rings. The molecule has 2 nitrogen and oxygen atoms in total. The van der Waals surface area contributed by atoms with Gasteiger partial charge in [-0.15, -0.1) is 7.92 Å². The molecule has 3 heteroatoms. The molecule has 0 fully saturated rings. The quantitative estimate of drug-likeness (QED) is 0.678. The van der Waals surface area contributed by atoms with Gasteiger partial charge in [0.05, 0.1) is 5.66 Å². The predicted octanol–water partition coefficient (Wildman–Crippen LogP) is 2.02. The van der Waals surface area contributed by atoms with Gasteiger partial charge >= 0.3 is 0 Å². The molecule has 0 aromatic rings. The van der Waals surface area contributed by atoms with Crippen LogP contribution in [0.25, 0.3) is 0 Å². The average molecular weight is 189 g/mol. The molecule has 72 valence electrons. The van der Waals surface area contributed by atoms with Gasteiger partial charge in [-0.05, 0) is 25.2 Å². The molecular weight excluding hydrogens is 169 g/mol. The molecule has 0 aromatic heterocycles. The van der Waals surface area contributed by atoms with Crippen LogP contribution in [0.3, 0.4) is 0 Å². The number of hydrogen-bond donors (Lipinski definition) is 1. The Morgan fingerprint density at radius 1 is 1.42 bits per heavy atom. The van der Waals surface area contributed by atoms with Crippen molar-refractivity contribution >= 4 is 13.8 Å². The number of primary amides is 1. The maximum Gasteiger partial charge on any atom is 0.224 e. The normalized spacial score (nSPS) is 14.8. The summed E-state index contributed by atoms with van der Waals surface area (Å²) >= 11 is 0. The zero-order valence-electron chi connectivity index (χ0n) is 8.72. The van der Waals surface area contributed by atoms with Gasteiger partial charge in [-0.2, -0.15) is 0 Å².